The van der Waals surface area contributed by atoms with Crippen LogP contribution in [0.2, 0.25) is 10.0 Å². The summed E-state index contributed by atoms with van der Waals surface area (Å²) in [5, 5.41) is 3.81. The number of hydrogen-bond acceptors (Lipinski definition) is 5. The topological polar surface area (TPSA) is 120 Å². The van der Waals surface area contributed by atoms with Crippen LogP contribution in [-0.4, -0.2) is 34.4 Å². The first-order valence-electron chi connectivity index (χ1n) is 12.8. The van der Waals surface area contributed by atoms with Crippen LogP contribution in [0.4, 0.5) is 11.4 Å². The third-order valence-corrected chi connectivity index (χ3v) is 8.07. The normalized spacial score (nSPS) is 17.3. The predicted molar refractivity (Wildman–Crippen MR) is 157 cm³/mol. The largest absolute Gasteiger partial charge is 0.496 e. The molecular weight excluding hydrogens is 565 g/mol. The standard InChI is InChI=1S/C30H25Cl2N5O4/c1-14(2)36-25-24(35-27(36)19-9-6-16(26(33)38)11-23(19)41-4)28(39)37(22-13-18(32)7-5-15(22)3)30(25)20-10-8-17(31)12-21(20)34-29(30)40/h5-14H,1-4H3,(H2,33,38)(H,34,40)/t30-/m0/s1. The van der Waals surface area contributed by atoms with E-state index < -0.39 is 23.3 Å². The van der Waals surface area contributed by atoms with E-state index in [1.807, 2.05) is 25.3 Å². The molecule has 11 heteroatoms. The SMILES string of the molecule is COc1cc(C(N)=O)ccc1-c1nc2c(n1C(C)C)[C@@]1(C(=O)Nc3cc(Cl)ccc31)N(c1cc(Cl)ccc1C)C2=O. The van der Waals surface area contributed by atoms with Gasteiger partial charge >= 0.3 is 0 Å². The zero-order valence-electron chi connectivity index (χ0n) is 22.6. The Hall–Kier alpha value is -4.34. The number of aryl methyl sites for hydroxylation is 1. The summed E-state index contributed by atoms with van der Waals surface area (Å²) in [7, 11) is 1.47. The number of fused-ring (bicyclic) bond motifs is 4. The van der Waals surface area contributed by atoms with Crippen LogP contribution in [0.25, 0.3) is 11.4 Å². The van der Waals surface area contributed by atoms with Gasteiger partial charge in [-0.15, -0.1) is 0 Å². The molecule has 1 atom stereocenters. The van der Waals surface area contributed by atoms with Crippen molar-refractivity contribution in [1.29, 1.82) is 0 Å². The van der Waals surface area contributed by atoms with E-state index in [9.17, 15) is 14.4 Å². The summed E-state index contributed by atoms with van der Waals surface area (Å²) in [5.74, 6) is -0.742. The molecule has 41 heavy (non-hydrogen) atoms. The number of hydrogen-bond donors (Lipinski definition) is 2. The minimum atomic E-state index is -1.61. The van der Waals surface area contributed by atoms with Crippen LogP contribution >= 0.6 is 23.2 Å². The van der Waals surface area contributed by atoms with Crippen molar-refractivity contribution in [3.63, 3.8) is 0 Å². The Morgan fingerprint density at radius 2 is 1.76 bits per heavy atom. The first-order chi connectivity index (χ1) is 19.5. The van der Waals surface area contributed by atoms with Gasteiger partial charge in [0.15, 0.2) is 11.2 Å². The second-order valence-electron chi connectivity index (χ2n) is 10.3. The van der Waals surface area contributed by atoms with E-state index in [0.717, 1.165) is 5.56 Å². The first kappa shape index (κ1) is 26.9. The van der Waals surface area contributed by atoms with Crippen molar-refractivity contribution in [2.24, 2.45) is 5.73 Å². The molecule has 0 radical (unpaired) electrons. The molecule has 1 aromatic heterocycles. The van der Waals surface area contributed by atoms with Crippen LogP contribution in [-0.2, 0) is 10.3 Å². The number of nitrogens with one attached hydrogen (secondary N) is 1. The summed E-state index contributed by atoms with van der Waals surface area (Å²) in [5.41, 5.74) is 7.49. The minimum absolute atomic E-state index is 0.118. The van der Waals surface area contributed by atoms with Gasteiger partial charge in [-0.3, -0.25) is 19.3 Å². The van der Waals surface area contributed by atoms with Gasteiger partial charge in [0, 0.05) is 32.9 Å². The smallest absolute Gasteiger partial charge is 0.280 e. The van der Waals surface area contributed by atoms with Gasteiger partial charge in [0.05, 0.1) is 24.1 Å². The van der Waals surface area contributed by atoms with Gasteiger partial charge in [-0.25, -0.2) is 4.98 Å². The molecule has 0 aliphatic carbocycles. The highest BCUT2D eigenvalue weighted by atomic mass is 35.5. The van der Waals surface area contributed by atoms with E-state index in [-0.39, 0.29) is 17.3 Å². The molecule has 3 N–H and O–H groups in total. The molecule has 6 rings (SSSR count). The first-order valence-corrected chi connectivity index (χ1v) is 13.6. The zero-order chi connectivity index (χ0) is 29.4. The maximum atomic E-state index is 14.5. The maximum Gasteiger partial charge on any atom is 0.280 e. The Kier molecular flexibility index (Phi) is 6.13. The van der Waals surface area contributed by atoms with Gasteiger partial charge in [0.25, 0.3) is 11.8 Å². The lowest BCUT2D eigenvalue weighted by atomic mass is 9.86. The Balaban J connectivity index is 1.72. The summed E-state index contributed by atoms with van der Waals surface area (Å²) in [6.07, 6.45) is 0. The van der Waals surface area contributed by atoms with Crippen molar-refractivity contribution in [1.82, 2.24) is 9.55 Å². The number of primary amides is 1. The average Bonchev–Trinajstić information content (AvgIpc) is 3.53. The molecule has 0 unspecified atom stereocenters. The number of benzene rings is 3. The number of nitrogens with zero attached hydrogens (tertiary/aromatic N) is 3. The van der Waals surface area contributed by atoms with Gasteiger partial charge in [0.1, 0.15) is 11.6 Å². The van der Waals surface area contributed by atoms with E-state index in [4.69, 9.17) is 38.7 Å². The number of carbonyl (C=O) groups is 3. The van der Waals surface area contributed by atoms with Crippen LogP contribution in [0.5, 0.6) is 5.75 Å². The lowest BCUT2D eigenvalue weighted by molar-refractivity contribution is -0.119. The van der Waals surface area contributed by atoms with E-state index >= 15 is 0 Å². The quantitative estimate of drug-likeness (QED) is 0.309. The highest BCUT2D eigenvalue weighted by Crippen LogP contribution is 2.55. The molecule has 1 spiro atoms. The monoisotopic (exact) mass is 589 g/mol. The fourth-order valence-electron chi connectivity index (χ4n) is 5.85. The molecule has 2 aliphatic rings. The van der Waals surface area contributed by atoms with E-state index in [1.165, 1.54) is 18.1 Å². The summed E-state index contributed by atoms with van der Waals surface area (Å²) < 4.78 is 7.49. The number of methoxy groups -OCH3 is 1. The Labute approximate surface area is 245 Å². The highest BCUT2D eigenvalue weighted by Gasteiger charge is 2.64. The number of halogens is 2. The Morgan fingerprint density at radius 3 is 2.44 bits per heavy atom. The predicted octanol–water partition coefficient (Wildman–Crippen LogP) is 5.71. The molecule has 3 aromatic carbocycles. The number of anilines is 2. The molecule has 0 bridgehead atoms. The van der Waals surface area contributed by atoms with Gasteiger partial charge < -0.3 is 20.4 Å². The number of nitrogens with two attached hydrogens (primary N) is 1. The molecule has 0 saturated heterocycles. The Bertz CT molecular complexity index is 1810. The summed E-state index contributed by atoms with van der Waals surface area (Å²) in [6.45, 7) is 5.74. The maximum absolute atomic E-state index is 14.5. The Morgan fingerprint density at radius 1 is 1.05 bits per heavy atom. The van der Waals surface area contributed by atoms with Gasteiger partial charge in [-0.1, -0.05) is 35.3 Å². The molecule has 4 aromatic rings. The molecular formula is C30H25Cl2N5O4. The lowest BCUT2D eigenvalue weighted by Crippen LogP contribution is -2.51. The third-order valence-electron chi connectivity index (χ3n) is 7.60. The van der Waals surface area contributed by atoms with Crippen LogP contribution in [0, 0.1) is 6.92 Å². The number of ether oxygens (including phenoxy) is 1. The van der Waals surface area contributed by atoms with Crippen LogP contribution < -0.4 is 20.7 Å². The zero-order valence-corrected chi connectivity index (χ0v) is 24.1. The average molecular weight is 590 g/mol. The van der Waals surface area contributed by atoms with Crippen molar-refractivity contribution in [3.8, 4) is 17.1 Å². The molecule has 9 nitrogen and oxygen atoms in total. The van der Waals surface area contributed by atoms with Crippen molar-refractivity contribution in [2.75, 3.05) is 17.3 Å². The molecule has 3 heterocycles. The number of carbonyl (C=O) groups excluding carboxylic acids is 3. The fourth-order valence-corrected chi connectivity index (χ4v) is 6.19. The van der Waals surface area contributed by atoms with Crippen molar-refractivity contribution < 1.29 is 19.1 Å². The van der Waals surface area contributed by atoms with Crippen molar-refractivity contribution in [3.05, 3.63) is 92.7 Å². The van der Waals surface area contributed by atoms with Crippen molar-refractivity contribution in [2.45, 2.75) is 32.4 Å². The van der Waals surface area contributed by atoms with Gasteiger partial charge in [0.2, 0.25) is 5.91 Å². The third kappa shape index (κ3) is 3.69. The summed E-state index contributed by atoms with van der Waals surface area (Å²) >= 11 is 12.7. The van der Waals surface area contributed by atoms with Crippen LogP contribution in [0.3, 0.4) is 0 Å². The van der Waals surface area contributed by atoms with E-state index in [2.05, 4.69) is 5.32 Å². The minimum Gasteiger partial charge on any atom is -0.496 e. The second-order valence-corrected chi connectivity index (χ2v) is 11.2. The highest BCUT2D eigenvalue weighted by molar-refractivity contribution is 6.32. The molecule has 208 valence electrons. The van der Waals surface area contributed by atoms with E-state index in [1.54, 1.807) is 48.5 Å². The number of aromatic nitrogens is 2. The molecule has 0 fully saturated rings. The van der Waals surface area contributed by atoms with Gasteiger partial charge in [-0.2, -0.15) is 0 Å². The summed E-state index contributed by atoms with van der Waals surface area (Å²) in [6, 6.07) is 14.8. The fraction of sp³-hybridized carbons (Fsp3) is 0.200. The molecule has 0 saturated carbocycles. The molecule has 3 amide bonds. The van der Waals surface area contributed by atoms with E-state index in [0.29, 0.717) is 49.8 Å². The molecule has 2 aliphatic heterocycles. The van der Waals surface area contributed by atoms with Crippen molar-refractivity contribution >= 4 is 52.3 Å². The van der Waals surface area contributed by atoms with Crippen LogP contribution in [0.15, 0.2) is 54.6 Å². The summed E-state index contributed by atoms with van der Waals surface area (Å²) in [4.78, 5) is 47.0. The number of rotatable bonds is 5. The second kappa shape index (κ2) is 9.36. The van der Waals surface area contributed by atoms with Crippen LogP contribution in [0.1, 0.15) is 57.6 Å². The number of amides is 3. The number of imidazole rings is 1. The lowest BCUT2D eigenvalue weighted by Gasteiger charge is -2.36. The van der Waals surface area contributed by atoms with Gasteiger partial charge in [-0.05, 0) is 68.8 Å².